The SMILES string of the molecule is NC1(C(=O)NS(=O)(=O)c2ccccc2)CCC1. The molecule has 1 saturated carbocycles. The van der Waals surface area contributed by atoms with Gasteiger partial charge in [0.2, 0.25) is 0 Å². The second kappa shape index (κ2) is 4.12. The van der Waals surface area contributed by atoms with Gasteiger partial charge in [0, 0.05) is 0 Å². The lowest BCUT2D eigenvalue weighted by Crippen LogP contribution is -2.59. The molecule has 6 heteroatoms. The molecule has 1 aromatic carbocycles. The van der Waals surface area contributed by atoms with Crippen LogP contribution in [-0.4, -0.2) is 19.9 Å². The van der Waals surface area contributed by atoms with E-state index >= 15 is 0 Å². The van der Waals surface area contributed by atoms with Gasteiger partial charge in [-0.15, -0.1) is 0 Å². The molecule has 3 N–H and O–H groups in total. The molecule has 0 heterocycles. The van der Waals surface area contributed by atoms with Crippen LogP contribution < -0.4 is 10.5 Å². The summed E-state index contributed by atoms with van der Waals surface area (Å²) in [5, 5.41) is 0. The first-order chi connectivity index (χ1) is 7.94. The van der Waals surface area contributed by atoms with E-state index in [0.717, 1.165) is 6.42 Å². The van der Waals surface area contributed by atoms with Gasteiger partial charge in [-0.05, 0) is 31.4 Å². The Bertz CT molecular complexity index is 521. The highest BCUT2D eigenvalue weighted by molar-refractivity contribution is 7.90. The first-order valence-electron chi connectivity index (χ1n) is 5.35. The summed E-state index contributed by atoms with van der Waals surface area (Å²) in [6.07, 6.45) is 1.92. The smallest absolute Gasteiger partial charge is 0.264 e. The summed E-state index contributed by atoms with van der Waals surface area (Å²) in [6, 6.07) is 7.76. The van der Waals surface area contributed by atoms with Crippen molar-refractivity contribution in [3.05, 3.63) is 30.3 Å². The van der Waals surface area contributed by atoms with Crippen molar-refractivity contribution in [1.82, 2.24) is 4.72 Å². The number of sulfonamides is 1. The van der Waals surface area contributed by atoms with E-state index in [1.165, 1.54) is 12.1 Å². The number of carbonyl (C=O) groups excluding carboxylic acids is 1. The van der Waals surface area contributed by atoms with Crippen molar-refractivity contribution >= 4 is 15.9 Å². The summed E-state index contributed by atoms with van der Waals surface area (Å²) < 4.78 is 25.7. The molecule has 0 atom stereocenters. The number of rotatable bonds is 3. The maximum atomic E-state index is 11.8. The molecular formula is C11H14N2O3S. The molecule has 0 spiro atoms. The van der Waals surface area contributed by atoms with Crippen molar-refractivity contribution in [2.45, 2.75) is 29.7 Å². The molecule has 1 aliphatic carbocycles. The fraction of sp³-hybridized carbons (Fsp3) is 0.364. The number of nitrogens with one attached hydrogen (secondary N) is 1. The molecule has 0 saturated heterocycles. The Morgan fingerprint density at radius 2 is 1.82 bits per heavy atom. The number of hydrogen-bond donors (Lipinski definition) is 2. The van der Waals surface area contributed by atoms with Crippen LogP contribution in [-0.2, 0) is 14.8 Å². The molecule has 0 bridgehead atoms. The monoisotopic (exact) mass is 254 g/mol. The number of benzene rings is 1. The second-order valence-corrected chi connectivity index (χ2v) is 5.94. The Morgan fingerprint density at radius 1 is 1.24 bits per heavy atom. The molecule has 2 rings (SSSR count). The standard InChI is InChI=1S/C11H14N2O3S/c12-11(7-4-8-11)10(14)13-17(15,16)9-5-2-1-3-6-9/h1-3,5-6H,4,7-8,12H2,(H,13,14). The van der Waals surface area contributed by atoms with E-state index in [0.29, 0.717) is 12.8 Å². The molecule has 1 fully saturated rings. The summed E-state index contributed by atoms with van der Waals surface area (Å²) in [6.45, 7) is 0. The average molecular weight is 254 g/mol. The number of carbonyl (C=O) groups is 1. The van der Waals surface area contributed by atoms with Crippen LogP contribution in [0.2, 0.25) is 0 Å². The second-order valence-electron chi connectivity index (χ2n) is 4.26. The van der Waals surface area contributed by atoms with Gasteiger partial charge in [0.15, 0.2) is 0 Å². The topological polar surface area (TPSA) is 89.3 Å². The highest BCUT2D eigenvalue weighted by atomic mass is 32.2. The molecule has 5 nitrogen and oxygen atoms in total. The Morgan fingerprint density at radius 3 is 2.29 bits per heavy atom. The van der Waals surface area contributed by atoms with E-state index in [2.05, 4.69) is 0 Å². The molecule has 17 heavy (non-hydrogen) atoms. The fourth-order valence-electron chi connectivity index (χ4n) is 1.67. The maximum absolute atomic E-state index is 11.8. The highest BCUT2D eigenvalue weighted by Crippen LogP contribution is 2.29. The third-order valence-corrected chi connectivity index (χ3v) is 4.33. The largest absolute Gasteiger partial charge is 0.317 e. The zero-order chi connectivity index (χ0) is 12.5. The van der Waals surface area contributed by atoms with Crippen molar-refractivity contribution < 1.29 is 13.2 Å². The molecular weight excluding hydrogens is 240 g/mol. The number of hydrogen-bond acceptors (Lipinski definition) is 4. The lowest BCUT2D eigenvalue weighted by molar-refractivity contribution is -0.127. The third-order valence-electron chi connectivity index (χ3n) is 2.98. The molecule has 1 amide bonds. The molecule has 0 unspecified atom stereocenters. The molecule has 0 radical (unpaired) electrons. The molecule has 0 aliphatic heterocycles. The van der Waals surface area contributed by atoms with Gasteiger partial charge in [-0.3, -0.25) is 4.79 Å². The van der Waals surface area contributed by atoms with Crippen LogP contribution >= 0.6 is 0 Å². The van der Waals surface area contributed by atoms with Crippen molar-refractivity contribution in [2.24, 2.45) is 5.73 Å². The van der Waals surface area contributed by atoms with Gasteiger partial charge in [0.05, 0.1) is 10.4 Å². The minimum absolute atomic E-state index is 0.0660. The van der Waals surface area contributed by atoms with E-state index < -0.39 is 21.5 Å². The molecule has 0 aromatic heterocycles. The van der Waals surface area contributed by atoms with Crippen LogP contribution in [0.4, 0.5) is 0 Å². The van der Waals surface area contributed by atoms with Crippen LogP contribution in [0.1, 0.15) is 19.3 Å². The van der Waals surface area contributed by atoms with Gasteiger partial charge < -0.3 is 5.73 Å². The predicted molar refractivity (Wildman–Crippen MR) is 62.5 cm³/mol. The number of amides is 1. The van der Waals surface area contributed by atoms with Crippen molar-refractivity contribution in [3.8, 4) is 0 Å². The maximum Gasteiger partial charge on any atom is 0.264 e. The van der Waals surface area contributed by atoms with Gasteiger partial charge in [0.1, 0.15) is 0 Å². The fourth-order valence-corrected chi connectivity index (χ4v) is 2.75. The van der Waals surface area contributed by atoms with Crippen molar-refractivity contribution in [3.63, 3.8) is 0 Å². The van der Waals surface area contributed by atoms with Gasteiger partial charge in [0.25, 0.3) is 15.9 Å². The summed E-state index contributed by atoms with van der Waals surface area (Å²) in [7, 11) is -3.80. The quantitative estimate of drug-likeness (QED) is 0.815. The van der Waals surface area contributed by atoms with Gasteiger partial charge in [-0.25, -0.2) is 13.1 Å². The Labute approximate surface area is 100 Å². The minimum atomic E-state index is -3.80. The lowest BCUT2D eigenvalue weighted by atomic mass is 9.77. The van der Waals surface area contributed by atoms with Gasteiger partial charge in [-0.2, -0.15) is 0 Å². The predicted octanol–water partition coefficient (Wildman–Crippen LogP) is 0.373. The first-order valence-corrected chi connectivity index (χ1v) is 6.84. The van der Waals surface area contributed by atoms with E-state index in [1.807, 2.05) is 4.72 Å². The number of nitrogens with two attached hydrogens (primary N) is 1. The molecule has 1 aromatic rings. The summed E-state index contributed by atoms with van der Waals surface area (Å²) in [5.41, 5.74) is 4.74. The Kier molecular flexibility index (Phi) is 2.92. The Hall–Kier alpha value is -1.40. The zero-order valence-corrected chi connectivity index (χ0v) is 10.0. The molecule has 1 aliphatic rings. The van der Waals surface area contributed by atoms with E-state index in [-0.39, 0.29) is 4.90 Å². The van der Waals surface area contributed by atoms with E-state index in [9.17, 15) is 13.2 Å². The normalized spacial score (nSPS) is 18.2. The van der Waals surface area contributed by atoms with Crippen LogP contribution in [0.5, 0.6) is 0 Å². The van der Waals surface area contributed by atoms with Crippen LogP contribution in [0.3, 0.4) is 0 Å². The van der Waals surface area contributed by atoms with Crippen molar-refractivity contribution in [1.29, 1.82) is 0 Å². The summed E-state index contributed by atoms with van der Waals surface area (Å²) in [4.78, 5) is 11.8. The van der Waals surface area contributed by atoms with Gasteiger partial charge in [-0.1, -0.05) is 18.2 Å². The first kappa shape index (κ1) is 12.1. The highest BCUT2D eigenvalue weighted by Gasteiger charge is 2.41. The molecule has 92 valence electrons. The van der Waals surface area contributed by atoms with Crippen LogP contribution in [0.15, 0.2) is 35.2 Å². The van der Waals surface area contributed by atoms with Crippen molar-refractivity contribution in [2.75, 3.05) is 0 Å². The average Bonchev–Trinajstić information content (AvgIpc) is 2.26. The van der Waals surface area contributed by atoms with Crippen LogP contribution in [0, 0.1) is 0 Å². The van der Waals surface area contributed by atoms with Crippen LogP contribution in [0.25, 0.3) is 0 Å². The van der Waals surface area contributed by atoms with E-state index in [1.54, 1.807) is 18.2 Å². The minimum Gasteiger partial charge on any atom is -0.317 e. The third kappa shape index (κ3) is 2.32. The van der Waals surface area contributed by atoms with E-state index in [4.69, 9.17) is 5.73 Å². The zero-order valence-electron chi connectivity index (χ0n) is 9.22. The summed E-state index contributed by atoms with van der Waals surface area (Å²) >= 11 is 0. The van der Waals surface area contributed by atoms with Gasteiger partial charge >= 0.3 is 0 Å². The summed E-state index contributed by atoms with van der Waals surface area (Å²) in [5.74, 6) is -0.618. The Balaban J connectivity index is 2.16. The lowest BCUT2D eigenvalue weighted by Gasteiger charge is -2.35.